The Bertz CT molecular complexity index is 1360. The molecule has 0 saturated carbocycles. The molecule has 2 bridgehead atoms. The highest BCUT2D eigenvalue weighted by Crippen LogP contribution is 2.40. The number of fused-ring (bicyclic) bond motifs is 7. The number of benzene rings is 2. The highest BCUT2D eigenvalue weighted by molar-refractivity contribution is 5.96. The van der Waals surface area contributed by atoms with Gasteiger partial charge in [-0.05, 0) is 53.5 Å². The molecule has 6 nitrogen and oxygen atoms in total. The van der Waals surface area contributed by atoms with Gasteiger partial charge in [0, 0.05) is 18.8 Å². The molecule has 0 spiro atoms. The maximum Gasteiger partial charge on any atom is 0.277 e. The van der Waals surface area contributed by atoms with E-state index in [1.165, 1.54) is 33.9 Å². The highest BCUT2D eigenvalue weighted by atomic mass is 16.3. The van der Waals surface area contributed by atoms with Gasteiger partial charge < -0.3 is 10.0 Å². The number of aromatic hydroxyl groups is 1. The van der Waals surface area contributed by atoms with Crippen molar-refractivity contribution in [3.8, 4) is 5.75 Å². The van der Waals surface area contributed by atoms with E-state index in [1.807, 2.05) is 0 Å². The van der Waals surface area contributed by atoms with E-state index in [4.69, 9.17) is 0 Å². The van der Waals surface area contributed by atoms with Gasteiger partial charge in [0.15, 0.2) is 11.4 Å². The van der Waals surface area contributed by atoms with Crippen LogP contribution in [-0.4, -0.2) is 33.8 Å². The summed E-state index contributed by atoms with van der Waals surface area (Å²) in [7, 11) is 0. The first-order valence-electron chi connectivity index (χ1n) is 11.5. The number of hydrogen-bond donors (Lipinski definition) is 1. The summed E-state index contributed by atoms with van der Waals surface area (Å²) in [5.74, 6) is -0.791. The number of aromatic nitrogens is 1. The Hall–Kier alpha value is -3.80. The van der Waals surface area contributed by atoms with Gasteiger partial charge in [0.25, 0.3) is 5.91 Å². The normalized spacial score (nSPS) is 20.1. The van der Waals surface area contributed by atoms with Crippen molar-refractivity contribution in [3.63, 3.8) is 0 Å². The minimum absolute atomic E-state index is 0.0433. The van der Waals surface area contributed by atoms with E-state index in [-0.39, 0.29) is 17.6 Å². The highest BCUT2D eigenvalue weighted by Gasteiger charge is 2.38. The van der Waals surface area contributed by atoms with Gasteiger partial charge in [-0.25, -0.2) is 0 Å². The molecule has 1 aliphatic carbocycles. The van der Waals surface area contributed by atoms with Gasteiger partial charge >= 0.3 is 0 Å². The molecule has 0 unspecified atom stereocenters. The van der Waals surface area contributed by atoms with E-state index >= 15 is 0 Å². The molecule has 2 aromatic carbocycles. The van der Waals surface area contributed by atoms with E-state index in [0.29, 0.717) is 13.2 Å². The Balaban J connectivity index is 1.69. The number of allylic oxidation sites excluding steroid dienone is 1. The van der Waals surface area contributed by atoms with Crippen molar-refractivity contribution in [1.82, 2.24) is 9.58 Å². The second-order valence-electron chi connectivity index (χ2n) is 8.94. The van der Waals surface area contributed by atoms with Crippen LogP contribution < -0.4 is 10.4 Å². The lowest BCUT2D eigenvalue weighted by Gasteiger charge is -2.44. The maximum atomic E-state index is 13.3. The Morgan fingerprint density at radius 1 is 0.939 bits per heavy atom. The molecule has 0 saturated heterocycles. The van der Waals surface area contributed by atoms with Gasteiger partial charge in [0.2, 0.25) is 5.43 Å². The number of carbonyl (C=O) groups excluding carboxylic acids is 1. The molecule has 166 valence electrons. The molecule has 0 radical (unpaired) electrons. The van der Waals surface area contributed by atoms with Crippen LogP contribution in [0.15, 0.2) is 65.6 Å². The summed E-state index contributed by atoms with van der Waals surface area (Å²) in [5, 5.41) is 12.8. The predicted octanol–water partition coefficient (Wildman–Crippen LogP) is 3.60. The summed E-state index contributed by atoms with van der Waals surface area (Å²) in [4.78, 5) is 27.4. The van der Waals surface area contributed by atoms with Crippen LogP contribution in [0.2, 0.25) is 0 Å². The molecular weight excluding hydrogens is 414 g/mol. The van der Waals surface area contributed by atoms with E-state index < -0.39 is 11.2 Å². The molecule has 33 heavy (non-hydrogen) atoms. The molecule has 1 atom stereocenters. The van der Waals surface area contributed by atoms with Crippen LogP contribution in [0.5, 0.6) is 5.75 Å². The van der Waals surface area contributed by atoms with E-state index in [1.54, 1.807) is 15.8 Å². The Kier molecular flexibility index (Phi) is 4.61. The minimum Gasteiger partial charge on any atom is -0.502 e. The van der Waals surface area contributed by atoms with Crippen LogP contribution in [-0.2, 0) is 12.8 Å². The lowest BCUT2D eigenvalue weighted by Crippen LogP contribution is -2.55. The van der Waals surface area contributed by atoms with Gasteiger partial charge in [0.1, 0.15) is 6.67 Å². The monoisotopic (exact) mass is 439 g/mol. The zero-order valence-electron chi connectivity index (χ0n) is 18.3. The Morgan fingerprint density at radius 3 is 2.67 bits per heavy atom. The lowest BCUT2D eigenvalue weighted by atomic mass is 9.90. The molecule has 6 heteroatoms. The second kappa shape index (κ2) is 7.66. The van der Waals surface area contributed by atoms with Gasteiger partial charge in [-0.1, -0.05) is 54.6 Å². The van der Waals surface area contributed by atoms with Crippen molar-refractivity contribution in [2.24, 2.45) is 0 Å². The third-order valence-electron chi connectivity index (χ3n) is 7.05. The summed E-state index contributed by atoms with van der Waals surface area (Å²) in [6, 6.07) is 16.1. The van der Waals surface area contributed by atoms with Crippen molar-refractivity contribution in [3.05, 3.63) is 105 Å². The third-order valence-corrected chi connectivity index (χ3v) is 7.05. The average molecular weight is 440 g/mol. The topological polar surface area (TPSA) is 65.8 Å². The summed E-state index contributed by atoms with van der Waals surface area (Å²) >= 11 is 0. The van der Waals surface area contributed by atoms with E-state index in [0.717, 1.165) is 25.7 Å². The largest absolute Gasteiger partial charge is 0.502 e. The fraction of sp³-hybridized carbons (Fsp3) is 0.259. The SMILES string of the molecule is O=C1c2c(O)c(=O)ccn2N2CN1CCC/C=C\c1cccc3c1[C@H]2c1ccccc1CC3. The summed E-state index contributed by atoms with van der Waals surface area (Å²) in [6.07, 6.45) is 9.55. The van der Waals surface area contributed by atoms with Crippen LogP contribution in [0.25, 0.3) is 6.08 Å². The van der Waals surface area contributed by atoms with Crippen LogP contribution in [0.1, 0.15) is 57.2 Å². The van der Waals surface area contributed by atoms with Crippen LogP contribution in [0, 0.1) is 0 Å². The number of hydrogen-bond acceptors (Lipinski definition) is 4. The molecule has 1 N–H and O–H groups in total. The number of nitrogens with zero attached hydrogens (tertiary/aromatic N) is 3. The van der Waals surface area contributed by atoms with Gasteiger partial charge in [0.05, 0.1) is 6.04 Å². The lowest BCUT2D eigenvalue weighted by molar-refractivity contribution is 0.0678. The maximum absolute atomic E-state index is 13.3. The fourth-order valence-electron chi connectivity index (χ4n) is 5.47. The zero-order chi connectivity index (χ0) is 22.5. The molecule has 3 aromatic rings. The average Bonchev–Trinajstić information content (AvgIpc) is 3.01. The van der Waals surface area contributed by atoms with Crippen molar-refractivity contribution in [1.29, 1.82) is 0 Å². The Morgan fingerprint density at radius 2 is 1.76 bits per heavy atom. The molecule has 6 rings (SSSR count). The smallest absolute Gasteiger partial charge is 0.277 e. The fourth-order valence-corrected chi connectivity index (χ4v) is 5.47. The molecule has 1 amide bonds. The predicted molar refractivity (Wildman–Crippen MR) is 127 cm³/mol. The number of carbonyl (C=O) groups is 1. The Labute approximate surface area is 192 Å². The molecule has 3 aliphatic rings. The van der Waals surface area contributed by atoms with Gasteiger partial charge in [-0.15, -0.1) is 0 Å². The molecular formula is C27H25N3O3. The molecule has 0 fully saturated rings. The standard InChI is InChI=1S/C27H25N3O3/c31-22-14-16-29-25(26(22)32)27(33)28-15-5-1-2-8-19-9-6-10-20-13-12-18-7-3-4-11-21(18)24(23(19)20)30(29)17-28/h2-4,6-11,14,16,24,32H,1,5,12-13,15,17H2/b8-2-/t24-/m1/s1. The summed E-state index contributed by atoms with van der Waals surface area (Å²) < 4.78 is 1.70. The molecule has 2 aliphatic heterocycles. The second-order valence-corrected chi connectivity index (χ2v) is 8.94. The first kappa shape index (κ1) is 19.9. The van der Waals surface area contributed by atoms with Crippen LogP contribution >= 0.6 is 0 Å². The first-order chi connectivity index (χ1) is 16.1. The van der Waals surface area contributed by atoms with Crippen molar-refractivity contribution in [2.75, 3.05) is 18.2 Å². The van der Waals surface area contributed by atoms with Crippen LogP contribution in [0.3, 0.4) is 0 Å². The number of amides is 1. The van der Waals surface area contributed by atoms with E-state index in [9.17, 15) is 14.7 Å². The molecule has 3 heterocycles. The first-order valence-corrected chi connectivity index (χ1v) is 11.5. The van der Waals surface area contributed by atoms with Crippen LogP contribution in [0.4, 0.5) is 0 Å². The summed E-state index contributed by atoms with van der Waals surface area (Å²) in [5.41, 5.74) is 5.65. The molecule has 1 aromatic heterocycles. The number of aryl methyl sites for hydroxylation is 2. The minimum atomic E-state index is -0.537. The zero-order valence-corrected chi connectivity index (χ0v) is 18.3. The quantitative estimate of drug-likeness (QED) is 0.581. The van der Waals surface area contributed by atoms with Crippen molar-refractivity contribution >= 4 is 12.0 Å². The third kappa shape index (κ3) is 3.09. The van der Waals surface area contributed by atoms with Gasteiger partial charge in [-0.2, -0.15) is 0 Å². The van der Waals surface area contributed by atoms with E-state index in [2.05, 4.69) is 59.6 Å². The van der Waals surface area contributed by atoms with Crippen molar-refractivity contribution in [2.45, 2.75) is 31.7 Å². The number of rotatable bonds is 0. The van der Waals surface area contributed by atoms with Crippen molar-refractivity contribution < 1.29 is 9.90 Å². The number of pyridine rings is 1. The van der Waals surface area contributed by atoms with Gasteiger partial charge in [-0.3, -0.25) is 19.3 Å². The summed E-state index contributed by atoms with van der Waals surface area (Å²) in [6.45, 7) is 0.931.